The van der Waals surface area contributed by atoms with Crippen LogP contribution in [0, 0.1) is 0 Å². The summed E-state index contributed by atoms with van der Waals surface area (Å²) in [5, 5.41) is 0. The van der Waals surface area contributed by atoms with E-state index >= 15 is 0 Å². The van der Waals surface area contributed by atoms with Crippen molar-refractivity contribution >= 4 is 9.76 Å². The second-order valence-corrected chi connectivity index (χ2v) is 4.52. The molecule has 0 aliphatic heterocycles. The first kappa shape index (κ1) is 13.1. The molecular weight excluding hydrogens is 184 g/mol. The van der Waals surface area contributed by atoms with Gasteiger partial charge in [-0.15, -0.1) is 0 Å². The number of hydrogen-bond acceptors (Lipinski definition) is 3. The summed E-state index contributed by atoms with van der Waals surface area (Å²) in [5.74, 6) is 0. The monoisotopic (exact) mass is 206 g/mol. The highest BCUT2D eigenvalue weighted by molar-refractivity contribution is 6.27. The fraction of sp³-hybridized carbons (Fsp3) is 1.00. The topological polar surface area (TPSA) is 27.7 Å². The molecule has 0 spiro atoms. The van der Waals surface area contributed by atoms with Crippen molar-refractivity contribution in [3.05, 3.63) is 0 Å². The molecule has 0 rings (SSSR count). The van der Waals surface area contributed by atoms with E-state index in [9.17, 15) is 0 Å². The van der Waals surface area contributed by atoms with Crippen LogP contribution in [0.5, 0.6) is 0 Å². The van der Waals surface area contributed by atoms with Crippen LogP contribution in [0.3, 0.4) is 0 Å². The van der Waals surface area contributed by atoms with E-state index in [1.807, 2.05) is 0 Å². The van der Waals surface area contributed by atoms with Gasteiger partial charge in [0.05, 0.1) is 0 Å². The predicted molar refractivity (Wildman–Crippen MR) is 56.6 cm³/mol. The van der Waals surface area contributed by atoms with E-state index in [0.29, 0.717) is 0 Å². The molecule has 80 valence electrons. The average molecular weight is 206 g/mol. The molecule has 0 radical (unpaired) electrons. The zero-order valence-electron chi connectivity index (χ0n) is 9.04. The second-order valence-electron chi connectivity index (χ2n) is 2.95. The van der Waals surface area contributed by atoms with E-state index in [1.54, 1.807) is 7.11 Å². The lowest BCUT2D eigenvalue weighted by Crippen LogP contribution is -2.20. The summed E-state index contributed by atoms with van der Waals surface area (Å²) in [6.45, 7) is 5.77. The summed E-state index contributed by atoms with van der Waals surface area (Å²) in [5.41, 5.74) is 0. The molecule has 0 aromatic carbocycles. The van der Waals surface area contributed by atoms with E-state index in [1.165, 1.54) is 0 Å². The molecule has 0 amide bonds. The Morgan fingerprint density at radius 1 is 1.08 bits per heavy atom. The van der Waals surface area contributed by atoms with Gasteiger partial charge >= 0.3 is 0 Å². The number of rotatable bonds is 9. The Hall–Kier alpha value is 0.0969. The summed E-state index contributed by atoms with van der Waals surface area (Å²) in [4.78, 5) is 0. The van der Waals surface area contributed by atoms with Crippen LogP contribution in [0.25, 0.3) is 0 Å². The lowest BCUT2D eigenvalue weighted by molar-refractivity contribution is -0.130. The lowest BCUT2D eigenvalue weighted by atomic mass is 10.5. The van der Waals surface area contributed by atoms with Gasteiger partial charge in [0.2, 0.25) is 0 Å². The molecule has 4 heteroatoms. The van der Waals surface area contributed by atoms with Crippen LogP contribution in [0.2, 0.25) is 6.04 Å². The summed E-state index contributed by atoms with van der Waals surface area (Å²) in [6, 6.07) is 0.955. The van der Waals surface area contributed by atoms with Crippen LogP contribution in [0.15, 0.2) is 0 Å². The van der Waals surface area contributed by atoms with Crippen LogP contribution >= 0.6 is 0 Å². The van der Waals surface area contributed by atoms with E-state index in [2.05, 4.69) is 13.8 Å². The molecule has 3 nitrogen and oxygen atoms in total. The molecule has 0 N–H and O–H groups in total. The smallest absolute Gasteiger partial charge is 0.166 e. The van der Waals surface area contributed by atoms with Crippen molar-refractivity contribution in [2.45, 2.75) is 39.0 Å². The highest BCUT2D eigenvalue weighted by Gasteiger charge is 2.08. The van der Waals surface area contributed by atoms with E-state index in [-0.39, 0.29) is 6.29 Å². The molecule has 0 fully saturated rings. The third-order valence-electron chi connectivity index (χ3n) is 1.57. The highest BCUT2D eigenvalue weighted by Crippen LogP contribution is 2.03. The molecule has 0 unspecified atom stereocenters. The molecule has 0 aromatic heterocycles. The largest absolute Gasteiger partial charge is 0.427 e. The Labute approximate surface area is 83.7 Å². The molecule has 0 aromatic rings. The number of hydrogen-bond donors (Lipinski definition) is 0. The van der Waals surface area contributed by atoms with Gasteiger partial charge in [0.1, 0.15) is 0 Å². The normalized spacial score (nSPS) is 12.0. The predicted octanol–water partition coefficient (Wildman–Crippen LogP) is 1.31. The van der Waals surface area contributed by atoms with Gasteiger partial charge in [-0.3, -0.25) is 0 Å². The minimum atomic E-state index is -0.432. The molecule has 0 bridgehead atoms. The first-order valence-corrected chi connectivity index (χ1v) is 6.65. The van der Waals surface area contributed by atoms with Crippen LogP contribution in [0.1, 0.15) is 26.7 Å². The fourth-order valence-corrected chi connectivity index (χ4v) is 1.69. The molecule has 13 heavy (non-hydrogen) atoms. The quantitative estimate of drug-likeness (QED) is 0.420. The average Bonchev–Trinajstić information content (AvgIpc) is 2.17. The zero-order chi connectivity index (χ0) is 9.94. The molecule has 0 aliphatic carbocycles. The molecule has 0 atom stereocenters. The van der Waals surface area contributed by atoms with Gasteiger partial charge in [0, 0.05) is 26.4 Å². The van der Waals surface area contributed by atoms with Gasteiger partial charge in [-0.25, -0.2) is 0 Å². The van der Waals surface area contributed by atoms with Gasteiger partial charge in [0.25, 0.3) is 0 Å². The second kappa shape index (κ2) is 10.2. The summed E-state index contributed by atoms with van der Waals surface area (Å²) >= 11 is 0. The van der Waals surface area contributed by atoms with Crippen molar-refractivity contribution < 1.29 is 13.9 Å². The first-order chi connectivity index (χ1) is 6.35. The van der Waals surface area contributed by atoms with Gasteiger partial charge < -0.3 is 13.9 Å². The Morgan fingerprint density at radius 2 is 1.62 bits per heavy atom. The Kier molecular flexibility index (Phi) is 10.3. The van der Waals surface area contributed by atoms with E-state index < -0.39 is 9.76 Å². The van der Waals surface area contributed by atoms with Crippen LogP contribution in [0.4, 0.5) is 0 Å². The van der Waals surface area contributed by atoms with Crippen molar-refractivity contribution in [3.63, 3.8) is 0 Å². The molecule has 0 heterocycles. The maximum Gasteiger partial charge on any atom is 0.166 e. The van der Waals surface area contributed by atoms with E-state index in [0.717, 1.165) is 32.1 Å². The van der Waals surface area contributed by atoms with Crippen molar-refractivity contribution in [2.75, 3.05) is 20.3 Å². The van der Waals surface area contributed by atoms with Gasteiger partial charge in [-0.2, -0.15) is 0 Å². The maximum atomic E-state index is 5.53. The Bertz CT molecular complexity index is 81.8. The van der Waals surface area contributed by atoms with Gasteiger partial charge in [-0.05, 0) is 12.8 Å². The summed E-state index contributed by atoms with van der Waals surface area (Å²) < 4.78 is 16.2. The third-order valence-corrected chi connectivity index (χ3v) is 2.69. The highest BCUT2D eigenvalue weighted by atomic mass is 28.2. The standard InChI is InChI=1S/C9H22O3Si/c1-4-6-11-9(8-13-10-3)12-7-5-2/h9H,4-8,13H2,1-3H3. The molecular formula is C9H22O3Si. The van der Waals surface area contributed by atoms with Crippen molar-refractivity contribution in [2.24, 2.45) is 0 Å². The van der Waals surface area contributed by atoms with Gasteiger partial charge in [-0.1, -0.05) is 13.8 Å². The van der Waals surface area contributed by atoms with Crippen molar-refractivity contribution in [1.29, 1.82) is 0 Å². The van der Waals surface area contributed by atoms with Gasteiger partial charge in [0.15, 0.2) is 16.1 Å². The third kappa shape index (κ3) is 8.43. The Balaban J connectivity index is 3.47. The maximum absolute atomic E-state index is 5.53. The molecule has 0 saturated carbocycles. The zero-order valence-corrected chi connectivity index (χ0v) is 10.5. The minimum absolute atomic E-state index is 0.0217. The van der Waals surface area contributed by atoms with Crippen molar-refractivity contribution in [1.82, 2.24) is 0 Å². The van der Waals surface area contributed by atoms with Crippen LogP contribution in [-0.2, 0) is 13.9 Å². The molecule has 0 saturated heterocycles. The minimum Gasteiger partial charge on any atom is -0.427 e. The van der Waals surface area contributed by atoms with Crippen molar-refractivity contribution in [3.8, 4) is 0 Å². The number of ether oxygens (including phenoxy) is 2. The lowest BCUT2D eigenvalue weighted by Gasteiger charge is -2.17. The van der Waals surface area contributed by atoms with Crippen LogP contribution in [-0.4, -0.2) is 36.4 Å². The van der Waals surface area contributed by atoms with E-state index in [4.69, 9.17) is 13.9 Å². The first-order valence-electron chi connectivity index (χ1n) is 5.07. The summed E-state index contributed by atoms with van der Waals surface area (Å²) in [6.07, 6.45) is 2.06. The molecule has 0 aliphatic rings. The Morgan fingerprint density at radius 3 is 2.00 bits per heavy atom. The SMILES string of the molecule is CCCOC(C[SiH2]OC)OCCC. The van der Waals surface area contributed by atoms with Crippen LogP contribution < -0.4 is 0 Å². The fourth-order valence-electron chi connectivity index (χ4n) is 0.927. The summed E-state index contributed by atoms with van der Waals surface area (Å²) in [7, 11) is 1.32.